The Kier molecular flexibility index (Phi) is 4.87. The zero-order valence-electron chi connectivity index (χ0n) is 13.3. The van der Waals surface area contributed by atoms with E-state index in [9.17, 15) is 17.6 Å². The number of benzene rings is 1. The molecule has 25 heavy (non-hydrogen) atoms. The number of sulfonamides is 1. The van der Waals surface area contributed by atoms with Crippen molar-refractivity contribution in [2.24, 2.45) is 5.92 Å². The van der Waals surface area contributed by atoms with Crippen molar-refractivity contribution in [1.29, 1.82) is 0 Å². The van der Waals surface area contributed by atoms with Crippen molar-refractivity contribution >= 4 is 16.0 Å². The summed E-state index contributed by atoms with van der Waals surface area (Å²) in [5.41, 5.74) is 0.158. The Morgan fingerprint density at radius 2 is 1.92 bits per heavy atom. The molecule has 0 bridgehead atoms. The van der Waals surface area contributed by atoms with Crippen LogP contribution in [0.1, 0.15) is 25.7 Å². The van der Waals surface area contributed by atoms with E-state index in [0.717, 1.165) is 6.20 Å². The fraction of sp³-hybridized carbons (Fsp3) is 0.375. The first-order chi connectivity index (χ1) is 11.9. The first kappa shape index (κ1) is 17.6. The maximum Gasteiger partial charge on any atom is 0.306 e. The van der Waals surface area contributed by atoms with Crippen molar-refractivity contribution < 1.29 is 22.7 Å². The second-order valence-corrected chi connectivity index (χ2v) is 7.79. The molecule has 1 fully saturated rings. The molecule has 0 amide bonds. The first-order valence-corrected chi connectivity index (χ1v) is 9.40. The van der Waals surface area contributed by atoms with Gasteiger partial charge in [-0.25, -0.2) is 22.2 Å². The number of hydrogen-bond donors (Lipinski definition) is 2. The van der Waals surface area contributed by atoms with Gasteiger partial charge in [0.15, 0.2) is 0 Å². The Morgan fingerprint density at radius 3 is 2.56 bits per heavy atom. The average molecular weight is 367 g/mol. The minimum atomic E-state index is -3.80. The molecule has 0 radical (unpaired) electrons. The number of aliphatic carboxylic acids is 1. The van der Waals surface area contributed by atoms with Gasteiger partial charge in [-0.05, 0) is 37.8 Å². The van der Waals surface area contributed by atoms with Gasteiger partial charge in [0.05, 0.1) is 18.3 Å². The standard InChI is InChI=1S/C16H18FN3O4S/c17-14-3-1-2-4-15(14)20-10-13(9-18-20)25(23,24)19-12-7-5-11(6-8-12)16(21)22/h1-4,9-12,19H,5-8H2,(H,21,22). The lowest BCUT2D eigenvalue weighted by Crippen LogP contribution is -2.38. The summed E-state index contributed by atoms with van der Waals surface area (Å²) < 4.78 is 42.5. The quantitative estimate of drug-likeness (QED) is 0.841. The van der Waals surface area contributed by atoms with Crippen molar-refractivity contribution in [2.45, 2.75) is 36.6 Å². The lowest BCUT2D eigenvalue weighted by molar-refractivity contribution is -0.142. The van der Waals surface area contributed by atoms with Crippen molar-refractivity contribution in [3.63, 3.8) is 0 Å². The molecule has 1 aliphatic carbocycles. The summed E-state index contributed by atoms with van der Waals surface area (Å²) in [6.07, 6.45) is 4.24. The van der Waals surface area contributed by atoms with Gasteiger partial charge in [0.25, 0.3) is 0 Å². The van der Waals surface area contributed by atoms with Crippen molar-refractivity contribution in [1.82, 2.24) is 14.5 Å². The second-order valence-electron chi connectivity index (χ2n) is 6.08. The van der Waals surface area contributed by atoms with Gasteiger partial charge in [-0.1, -0.05) is 12.1 Å². The second kappa shape index (κ2) is 6.93. The normalized spacial score (nSPS) is 21.2. The number of rotatable bonds is 5. The maximum atomic E-state index is 13.8. The topological polar surface area (TPSA) is 101 Å². The lowest BCUT2D eigenvalue weighted by atomic mass is 9.87. The van der Waals surface area contributed by atoms with E-state index in [1.807, 2.05) is 0 Å². The molecule has 0 saturated heterocycles. The first-order valence-electron chi connectivity index (χ1n) is 7.91. The highest BCUT2D eigenvalue weighted by Gasteiger charge is 2.29. The molecule has 0 aliphatic heterocycles. The summed E-state index contributed by atoms with van der Waals surface area (Å²) >= 11 is 0. The molecule has 1 aliphatic rings. The summed E-state index contributed by atoms with van der Waals surface area (Å²) in [6.45, 7) is 0. The van der Waals surface area contributed by atoms with Crippen molar-refractivity contribution in [3.05, 3.63) is 42.5 Å². The average Bonchev–Trinajstić information content (AvgIpc) is 3.06. The van der Waals surface area contributed by atoms with E-state index < -0.39 is 27.7 Å². The number of hydrogen-bond acceptors (Lipinski definition) is 4. The smallest absolute Gasteiger partial charge is 0.306 e. The van der Waals surface area contributed by atoms with Gasteiger partial charge in [0.1, 0.15) is 16.4 Å². The third-order valence-corrected chi connectivity index (χ3v) is 5.84. The summed E-state index contributed by atoms with van der Waals surface area (Å²) in [5, 5.41) is 12.9. The number of nitrogens with zero attached hydrogens (tertiary/aromatic N) is 2. The maximum absolute atomic E-state index is 13.8. The Labute approximate surface area is 144 Å². The van der Waals surface area contributed by atoms with E-state index in [1.54, 1.807) is 6.07 Å². The SMILES string of the molecule is O=C(O)C1CCC(NS(=O)(=O)c2cnn(-c3ccccc3F)c2)CC1. The van der Waals surface area contributed by atoms with E-state index in [1.165, 1.54) is 29.1 Å². The fourth-order valence-corrected chi connectivity index (χ4v) is 4.20. The number of carbonyl (C=O) groups is 1. The summed E-state index contributed by atoms with van der Waals surface area (Å²) in [7, 11) is -3.80. The molecule has 0 atom stereocenters. The number of aromatic nitrogens is 2. The molecule has 1 saturated carbocycles. The van der Waals surface area contributed by atoms with Crippen LogP contribution in [0.25, 0.3) is 5.69 Å². The largest absolute Gasteiger partial charge is 0.481 e. The molecule has 1 aromatic carbocycles. The van der Waals surface area contributed by atoms with Gasteiger partial charge < -0.3 is 5.11 Å². The van der Waals surface area contributed by atoms with E-state index in [0.29, 0.717) is 25.7 Å². The van der Waals surface area contributed by atoms with Crippen LogP contribution < -0.4 is 4.72 Å². The Hall–Kier alpha value is -2.26. The minimum Gasteiger partial charge on any atom is -0.481 e. The van der Waals surface area contributed by atoms with Gasteiger partial charge in [0, 0.05) is 6.04 Å². The predicted octanol–water partition coefficient (Wildman–Crippen LogP) is 1.93. The van der Waals surface area contributed by atoms with Crippen LogP contribution in [0.15, 0.2) is 41.6 Å². The van der Waals surface area contributed by atoms with Gasteiger partial charge >= 0.3 is 5.97 Å². The Balaban J connectivity index is 1.72. The molecule has 1 heterocycles. The molecule has 2 N–H and O–H groups in total. The molecule has 3 rings (SSSR count). The summed E-state index contributed by atoms with van der Waals surface area (Å²) in [6, 6.07) is 5.63. The molecule has 9 heteroatoms. The Bertz CT molecular complexity index is 873. The lowest BCUT2D eigenvalue weighted by Gasteiger charge is -2.26. The van der Waals surface area contributed by atoms with Gasteiger partial charge in [-0.2, -0.15) is 5.10 Å². The number of para-hydroxylation sites is 1. The number of carboxylic acid groups (broad SMARTS) is 1. The summed E-state index contributed by atoms with van der Waals surface area (Å²) in [5.74, 6) is -1.76. The monoisotopic (exact) mass is 367 g/mol. The van der Waals surface area contributed by atoms with E-state index in [-0.39, 0.29) is 16.6 Å². The van der Waals surface area contributed by atoms with Crippen LogP contribution in [0.5, 0.6) is 0 Å². The van der Waals surface area contributed by atoms with Crippen LogP contribution in [0.4, 0.5) is 4.39 Å². The fourth-order valence-electron chi connectivity index (χ4n) is 2.96. The number of halogens is 1. The zero-order valence-corrected chi connectivity index (χ0v) is 14.1. The molecular formula is C16H18FN3O4S. The minimum absolute atomic E-state index is 0.0592. The molecule has 134 valence electrons. The van der Waals surface area contributed by atoms with Crippen LogP contribution in [0, 0.1) is 11.7 Å². The van der Waals surface area contributed by atoms with Crippen molar-refractivity contribution in [3.8, 4) is 5.69 Å². The van der Waals surface area contributed by atoms with Gasteiger partial charge in [-0.15, -0.1) is 0 Å². The highest BCUT2D eigenvalue weighted by atomic mass is 32.2. The molecule has 7 nitrogen and oxygen atoms in total. The van der Waals surface area contributed by atoms with E-state index in [2.05, 4.69) is 9.82 Å². The third-order valence-electron chi connectivity index (χ3n) is 4.37. The van der Waals surface area contributed by atoms with E-state index in [4.69, 9.17) is 5.11 Å². The van der Waals surface area contributed by atoms with Crippen molar-refractivity contribution in [2.75, 3.05) is 0 Å². The number of carboxylic acids is 1. The van der Waals surface area contributed by atoms with Crippen LogP contribution in [0.3, 0.4) is 0 Å². The number of nitrogens with one attached hydrogen (secondary N) is 1. The molecule has 1 aromatic heterocycles. The third kappa shape index (κ3) is 3.88. The molecule has 2 aromatic rings. The van der Waals surface area contributed by atoms with Gasteiger partial charge in [0.2, 0.25) is 10.0 Å². The molecular weight excluding hydrogens is 349 g/mol. The van der Waals surface area contributed by atoms with Gasteiger partial charge in [-0.3, -0.25) is 4.79 Å². The summed E-state index contributed by atoms with van der Waals surface area (Å²) in [4.78, 5) is 10.9. The van der Waals surface area contributed by atoms with Crippen LogP contribution in [0.2, 0.25) is 0 Å². The highest BCUT2D eigenvalue weighted by Crippen LogP contribution is 2.25. The zero-order chi connectivity index (χ0) is 18.0. The Morgan fingerprint density at radius 1 is 1.24 bits per heavy atom. The van der Waals surface area contributed by atoms with Crippen LogP contribution in [-0.2, 0) is 14.8 Å². The van der Waals surface area contributed by atoms with Crippen LogP contribution in [-0.4, -0.2) is 35.3 Å². The van der Waals surface area contributed by atoms with E-state index >= 15 is 0 Å². The van der Waals surface area contributed by atoms with Crippen LogP contribution >= 0.6 is 0 Å². The molecule has 0 spiro atoms. The highest BCUT2D eigenvalue weighted by molar-refractivity contribution is 7.89. The predicted molar refractivity (Wildman–Crippen MR) is 87.2 cm³/mol. The molecule has 0 unspecified atom stereocenters.